The maximum Gasteiger partial charge on any atom is 0.255 e. The highest BCUT2D eigenvalue weighted by Gasteiger charge is 2.10. The van der Waals surface area contributed by atoms with Crippen LogP contribution in [0.4, 0.5) is 11.4 Å². The molecule has 0 unspecified atom stereocenters. The molecule has 0 atom stereocenters. The summed E-state index contributed by atoms with van der Waals surface area (Å²) in [6, 6.07) is 21.8. The minimum absolute atomic E-state index is 0.172. The first-order valence-corrected chi connectivity index (χ1v) is 8.38. The summed E-state index contributed by atoms with van der Waals surface area (Å²) < 4.78 is 0. The third kappa shape index (κ3) is 4.16. The van der Waals surface area contributed by atoms with Gasteiger partial charge in [0.2, 0.25) is 0 Å². The molecule has 0 aliphatic rings. The van der Waals surface area contributed by atoms with Crippen LogP contribution in [0.1, 0.15) is 31.8 Å². The van der Waals surface area contributed by atoms with Gasteiger partial charge in [-0.1, -0.05) is 42.0 Å². The van der Waals surface area contributed by atoms with Crippen LogP contribution in [0.5, 0.6) is 0 Å². The lowest BCUT2D eigenvalue weighted by molar-refractivity contribution is 0.101. The van der Waals surface area contributed by atoms with Crippen molar-refractivity contribution < 1.29 is 9.59 Å². The predicted octanol–water partition coefficient (Wildman–Crippen LogP) is 4.81. The molecule has 0 aliphatic heterocycles. The van der Waals surface area contributed by atoms with Gasteiger partial charge in [-0.2, -0.15) is 0 Å². The second-order valence-corrected chi connectivity index (χ2v) is 6.17. The topological polar surface area (TPSA) is 58.2 Å². The zero-order valence-electron chi connectivity index (χ0n) is 14.7. The molecule has 3 aromatic rings. The Kier molecular flexibility index (Phi) is 5.13. The lowest BCUT2D eigenvalue weighted by atomic mass is 10.1. The molecular formula is C22H20N2O2. The fourth-order valence-corrected chi connectivity index (χ4v) is 2.73. The molecule has 0 radical (unpaired) electrons. The second kappa shape index (κ2) is 7.66. The monoisotopic (exact) mass is 344 g/mol. The minimum Gasteiger partial charge on any atom is -0.322 e. The van der Waals surface area contributed by atoms with Gasteiger partial charge in [0.05, 0.1) is 0 Å². The van der Waals surface area contributed by atoms with Gasteiger partial charge in [0, 0.05) is 22.5 Å². The number of benzene rings is 3. The van der Waals surface area contributed by atoms with Crippen molar-refractivity contribution in [2.75, 3.05) is 10.6 Å². The van der Waals surface area contributed by atoms with Crippen LogP contribution < -0.4 is 10.6 Å². The van der Waals surface area contributed by atoms with Crippen molar-refractivity contribution in [1.82, 2.24) is 0 Å². The van der Waals surface area contributed by atoms with Gasteiger partial charge in [0.1, 0.15) is 0 Å². The van der Waals surface area contributed by atoms with Crippen molar-refractivity contribution >= 4 is 23.2 Å². The molecule has 0 bridgehead atoms. The predicted molar refractivity (Wildman–Crippen MR) is 105 cm³/mol. The molecule has 2 amide bonds. The van der Waals surface area contributed by atoms with E-state index in [1.165, 1.54) is 0 Å². The van der Waals surface area contributed by atoms with Crippen molar-refractivity contribution in [3.63, 3.8) is 0 Å². The Labute approximate surface area is 152 Å². The zero-order chi connectivity index (χ0) is 18.5. The van der Waals surface area contributed by atoms with Gasteiger partial charge < -0.3 is 10.6 Å². The maximum absolute atomic E-state index is 12.5. The molecule has 2 N–H and O–H groups in total. The maximum atomic E-state index is 12.5. The fourth-order valence-electron chi connectivity index (χ4n) is 2.73. The molecule has 0 saturated carbocycles. The lowest BCUT2D eigenvalue weighted by Crippen LogP contribution is -2.14. The number of carbonyl (C=O) groups is 2. The number of rotatable bonds is 4. The van der Waals surface area contributed by atoms with Crippen LogP contribution in [0, 0.1) is 13.8 Å². The Morgan fingerprint density at radius 1 is 0.692 bits per heavy atom. The summed E-state index contributed by atoms with van der Waals surface area (Å²) in [6.07, 6.45) is 0. The van der Waals surface area contributed by atoms with Gasteiger partial charge in [-0.15, -0.1) is 0 Å². The van der Waals surface area contributed by atoms with Gasteiger partial charge in [-0.25, -0.2) is 0 Å². The van der Waals surface area contributed by atoms with E-state index in [1.54, 1.807) is 36.4 Å². The third-order valence-electron chi connectivity index (χ3n) is 4.04. The van der Waals surface area contributed by atoms with Crippen LogP contribution in [0.25, 0.3) is 0 Å². The summed E-state index contributed by atoms with van der Waals surface area (Å²) in [4.78, 5) is 24.7. The van der Waals surface area contributed by atoms with E-state index in [4.69, 9.17) is 0 Å². The highest BCUT2D eigenvalue weighted by atomic mass is 16.2. The van der Waals surface area contributed by atoms with Gasteiger partial charge >= 0.3 is 0 Å². The second-order valence-electron chi connectivity index (χ2n) is 6.17. The van der Waals surface area contributed by atoms with Gasteiger partial charge in [0.15, 0.2) is 0 Å². The molecule has 130 valence electrons. The molecule has 3 aromatic carbocycles. The fraction of sp³-hybridized carbons (Fsp3) is 0.0909. The Bertz CT molecular complexity index is 949. The van der Waals surface area contributed by atoms with Gasteiger partial charge in [0.25, 0.3) is 11.8 Å². The first-order chi connectivity index (χ1) is 12.5. The van der Waals surface area contributed by atoms with Crippen LogP contribution in [0.15, 0.2) is 72.8 Å². The Morgan fingerprint density at radius 3 is 2.00 bits per heavy atom. The number of anilines is 2. The Hall–Kier alpha value is -3.40. The minimum atomic E-state index is -0.191. The normalized spacial score (nSPS) is 10.2. The molecule has 0 aliphatic carbocycles. The Balaban J connectivity index is 1.73. The molecule has 0 fully saturated rings. The van der Waals surface area contributed by atoms with E-state index in [0.717, 1.165) is 11.1 Å². The average Bonchev–Trinajstić information content (AvgIpc) is 2.62. The number of aryl methyl sites for hydroxylation is 2. The van der Waals surface area contributed by atoms with E-state index >= 15 is 0 Å². The SMILES string of the molecule is Cc1ccc(C(=O)Nc2cccc(NC(=O)c3ccccc3)c2)c(C)c1. The largest absolute Gasteiger partial charge is 0.322 e. The van der Waals surface area contributed by atoms with E-state index in [9.17, 15) is 9.59 Å². The zero-order valence-corrected chi connectivity index (χ0v) is 14.7. The van der Waals surface area contributed by atoms with Crippen LogP contribution in [-0.2, 0) is 0 Å². The number of hydrogen-bond donors (Lipinski definition) is 2. The summed E-state index contributed by atoms with van der Waals surface area (Å²) in [6.45, 7) is 3.91. The molecule has 4 heteroatoms. The Morgan fingerprint density at radius 2 is 1.35 bits per heavy atom. The average molecular weight is 344 g/mol. The summed E-state index contributed by atoms with van der Waals surface area (Å²) in [5.74, 6) is -0.363. The van der Waals surface area contributed by atoms with Crippen molar-refractivity contribution in [3.8, 4) is 0 Å². The van der Waals surface area contributed by atoms with Crippen molar-refractivity contribution in [2.45, 2.75) is 13.8 Å². The molecule has 3 rings (SSSR count). The van der Waals surface area contributed by atoms with E-state index in [0.29, 0.717) is 22.5 Å². The molecule has 0 heterocycles. The molecule has 0 saturated heterocycles. The van der Waals surface area contributed by atoms with E-state index in [2.05, 4.69) is 10.6 Å². The quantitative estimate of drug-likeness (QED) is 0.714. The summed E-state index contributed by atoms with van der Waals surface area (Å²) >= 11 is 0. The van der Waals surface area contributed by atoms with Crippen molar-refractivity contribution in [2.24, 2.45) is 0 Å². The molecule has 0 aromatic heterocycles. The van der Waals surface area contributed by atoms with Gasteiger partial charge in [-0.05, 0) is 55.8 Å². The van der Waals surface area contributed by atoms with Crippen LogP contribution in [-0.4, -0.2) is 11.8 Å². The lowest BCUT2D eigenvalue weighted by Gasteiger charge is -2.10. The first kappa shape index (κ1) is 17.4. The third-order valence-corrected chi connectivity index (χ3v) is 4.04. The molecular weight excluding hydrogens is 324 g/mol. The highest BCUT2D eigenvalue weighted by molar-refractivity contribution is 6.07. The standard InChI is InChI=1S/C22H20N2O2/c1-15-11-12-20(16(2)13-15)22(26)24-19-10-6-9-18(14-19)23-21(25)17-7-4-3-5-8-17/h3-14H,1-2H3,(H,23,25)(H,24,26). The highest BCUT2D eigenvalue weighted by Crippen LogP contribution is 2.18. The summed E-state index contributed by atoms with van der Waals surface area (Å²) in [5, 5.41) is 5.72. The van der Waals surface area contributed by atoms with E-state index in [-0.39, 0.29) is 11.8 Å². The molecule has 0 spiro atoms. The van der Waals surface area contributed by atoms with Crippen molar-refractivity contribution in [1.29, 1.82) is 0 Å². The smallest absolute Gasteiger partial charge is 0.255 e. The number of hydrogen-bond acceptors (Lipinski definition) is 2. The number of carbonyl (C=O) groups excluding carboxylic acids is 2. The molecule has 26 heavy (non-hydrogen) atoms. The van der Waals surface area contributed by atoms with E-state index in [1.807, 2.05) is 50.2 Å². The van der Waals surface area contributed by atoms with E-state index < -0.39 is 0 Å². The van der Waals surface area contributed by atoms with Gasteiger partial charge in [-0.3, -0.25) is 9.59 Å². The first-order valence-electron chi connectivity index (χ1n) is 8.38. The summed E-state index contributed by atoms with van der Waals surface area (Å²) in [7, 11) is 0. The van der Waals surface area contributed by atoms with Crippen molar-refractivity contribution in [3.05, 3.63) is 95.1 Å². The number of nitrogens with one attached hydrogen (secondary N) is 2. The summed E-state index contributed by atoms with van der Waals surface area (Å²) in [5.41, 5.74) is 4.50. The molecule has 4 nitrogen and oxygen atoms in total. The van der Waals surface area contributed by atoms with Crippen LogP contribution in [0.3, 0.4) is 0 Å². The van der Waals surface area contributed by atoms with Crippen LogP contribution >= 0.6 is 0 Å². The number of amides is 2. The van der Waals surface area contributed by atoms with Crippen LogP contribution in [0.2, 0.25) is 0 Å².